The molecule has 0 aromatic carbocycles. The predicted molar refractivity (Wildman–Crippen MR) is 137 cm³/mol. The minimum Gasteiger partial charge on any atom is -0.480 e. The zero-order valence-electron chi connectivity index (χ0n) is 22.1. The molecule has 1 saturated carbocycles. The molecule has 41 heavy (non-hydrogen) atoms. The number of aromatic nitrogens is 4. The van der Waals surface area contributed by atoms with Crippen LogP contribution in [0.2, 0.25) is 0 Å². The standard InChI is InChI=1S/C25H27F3N8O5/c1-40-22-15(21(37)34-17-10-35(9-16(17)26)23(38)14-5-25(27,28)6-14)3-12(7-30-22)18-4-13(8-31-24(39)41-2)19-20(29)32-11-33-36(18)19/h3-4,7,11,14,16-17H,5-6,8-10H2,1-2H3,(H,31,39)(H,34,37)(H2,29,32,33)/t16-,17+/m0/s1. The molecule has 2 fully saturated rings. The summed E-state index contributed by atoms with van der Waals surface area (Å²) in [7, 11) is 2.55. The van der Waals surface area contributed by atoms with Crippen LogP contribution in [0.3, 0.4) is 0 Å². The Labute approximate surface area is 231 Å². The van der Waals surface area contributed by atoms with E-state index in [-0.39, 0.29) is 36.9 Å². The number of pyridine rings is 1. The molecule has 3 aromatic heterocycles. The summed E-state index contributed by atoms with van der Waals surface area (Å²) in [6.07, 6.45) is -0.683. The van der Waals surface area contributed by atoms with E-state index in [0.717, 1.165) is 0 Å². The molecule has 4 heterocycles. The van der Waals surface area contributed by atoms with Gasteiger partial charge in [0.15, 0.2) is 5.82 Å². The van der Waals surface area contributed by atoms with E-state index >= 15 is 0 Å². The second kappa shape index (κ2) is 10.7. The first-order valence-electron chi connectivity index (χ1n) is 12.6. The lowest BCUT2D eigenvalue weighted by Crippen LogP contribution is -2.47. The maximum Gasteiger partial charge on any atom is 0.407 e. The van der Waals surface area contributed by atoms with E-state index in [2.05, 4.69) is 30.4 Å². The number of nitrogens with two attached hydrogens (primary N) is 1. The van der Waals surface area contributed by atoms with Crippen LogP contribution in [0.4, 0.5) is 23.8 Å². The average molecular weight is 577 g/mol. The maximum absolute atomic E-state index is 14.8. The van der Waals surface area contributed by atoms with Gasteiger partial charge in [0.2, 0.25) is 17.7 Å². The first-order chi connectivity index (χ1) is 19.5. The topological polar surface area (TPSA) is 166 Å². The smallest absolute Gasteiger partial charge is 0.407 e. The van der Waals surface area contributed by atoms with E-state index in [1.165, 1.54) is 42.2 Å². The number of carbonyl (C=O) groups is 3. The van der Waals surface area contributed by atoms with Gasteiger partial charge in [-0.1, -0.05) is 0 Å². The number of nitrogens with one attached hydrogen (secondary N) is 2. The van der Waals surface area contributed by atoms with E-state index in [1.54, 1.807) is 6.07 Å². The van der Waals surface area contributed by atoms with Crippen molar-refractivity contribution in [3.05, 3.63) is 35.8 Å². The highest BCUT2D eigenvalue weighted by Gasteiger charge is 2.51. The summed E-state index contributed by atoms with van der Waals surface area (Å²) in [4.78, 5) is 46.8. The van der Waals surface area contributed by atoms with Crippen molar-refractivity contribution >= 4 is 29.2 Å². The Balaban J connectivity index is 1.38. The van der Waals surface area contributed by atoms with Gasteiger partial charge < -0.3 is 30.7 Å². The van der Waals surface area contributed by atoms with Crippen LogP contribution in [0.5, 0.6) is 5.88 Å². The number of halogens is 3. The fourth-order valence-corrected chi connectivity index (χ4v) is 5.06. The average Bonchev–Trinajstić information content (AvgIpc) is 3.50. The van der Waals surface area contributed by atoms with Crippen molar-refractivity contribution in [2.75, 3.05) is 33.0 Å². The van der Waals surface area contributed by atoms with Crippen LogP contribution in [0.25, 0.3) is 16.8 Å². The normalized spacial score (nSPS) is 20.0. The Bertz CT molecular complexity index is 1510. The number of carbonyl (C=O) groups excluding carboxylic acids is 3. The van der Waals surface area contributed by atoms with Gasteiger partial charge in [0, 0.05) is 49.2 Å². The highest BCUT2D eigenvalue weighted by Crippen LogP contribution is 2.43. The van der Waals surface area contributed by atoms with E-state index < -0.39 is 54.8 Å². The third kappa shape index (κ3) is 5.40. The summed E-state index contributed by atoms with van der Waals surface area (Å²) in [5.74, 6) is -4.88. The molecule has 1 saturated heterocycles. The number of ether oxygens (including phenoxy) is 2. The van der Waals surface area contributed by atoms with Crippen LogP contribution in [0.1, 0.15) is 28.8 Å². The lowest BCUT2D eigenvalue weighted by atomic mass is 9.80. The van der Waals surface area contributed by atoms with E-state index in [4.69, 9.17) is 10.5 Å². The molecule has 0 bridgehead atoms. The van der Waals surface area contributed by atoms with Gasteiger partial charge in [-0.25, -0.2) is 32.4 Å². The molecule has 0 spiro atoms. The van der Waals surface area contributed by atoms with Crippen LogP contribution in [-0.2, 0) is 16.1 Å². The Hall–Kier alpha value is -4.63. The summed E-state index contributed by atoms with van der Waals surface area (Å²) in [6, 6.07) is 2.10. The van der Waals surface area contributed by atoms with Crippen molar-refractivity contribution < 1.29 is 37.0 Å². The van der Waals surface area contributed by atoms with Gasteiger partial charge in [-0.3, -0.25) is 9.59 Å². The second-order valence-corrected chi connectivity index (χ2v) is 9.89. The molecule has 0 unspecified atom stereocenters. The number of nitrogen functional groups attached to an aromatic ring is 1. The van der Waals surface area contributed by atoms with Crippen molar-refractivity contribution in [1.29, 1.82) is 0 Å². The highest BCUT2D eigenvalue weighted by atomic mass is 19.3. The maximum atomic E-state index is 14.8. The number of alkyl halides is 3. The number of alkyl carbamates (subject to hydrolysis) is 1. The Morgan fingerprint density at radius 1 is 1.17 bits per heavy atom. The van der Waals surface area contributed by atoms with E-state index in [0.29, 0.717) is 22.3 Å². The molecule has 1 aliphatic carbocycles. The summed E-state index contributed by atoms with van der Waals surface area (Å²) in [5, 5.41) is 9.39. The van der Waals surface area contributed by atoms with Crippen molar-refractivity contribution in [3.8, 4) is 17.1 Å². The van der Waals surface area contributed by atoms with Gasteiger partial charge in [-0.2, -0.15) is 5.10 Å². The highest BCUT2D eigenvalue weighted by molar-refractivity contribution is 5.98. The van der Waals surface area contributed by atoms with E-state index in [1.807, 2.05) is 0 Å². The van der Waals surface area contributed by atoms with Gasteiger partial charge in [0.05, 0.1) is 32.5 Å². The number of rotatable bonds is 7. The molecule has 2 atom stereocenters. The number of nitrogens with zero attached hydrogens (tertiary/aromatic N) is 5. The quantitative estimate of drug-likeness (QED) is 0.378. The molecular formula is C25H27F3N8O5. The minimum absolute atomic E-state index is 0.0215. The van der Waals surface area contributed by atoms with Gasteiger partial charge in [-0.15, -0.1) is 0 Å². The molecule has 13 nitrogen and oxygen atoms in total. The molecule has 3 aromatic rings. The molecule has 3 amide bonds. The van der Waals surface area contributed by atoms with Gasteiger partial charge in [-0.05, 0) is 12.1 Å². The summed E-state index contributed by atoms with van der Waals surface area (Å²) >= 11 is 0. The summed E-state index contributed by atoms with van der Waals surface area (Å²) in [5.41, 5.74) is 7.91. The number of fused-ring (bicyclic) bond motifs is 1. The monoisotopic (exact) mass is 576 g/mol. The fourth-order valence-electron chi connectivity index (χ4n) is 5.06. The number of hydrogen-bond donors (Lipinski definition) is 3. The zero-order valence-corrected chi connectivity index (χ0v) is 22.1. The third-order valence-corrected chi connectivity index (χ3v) is 7.17. The zero-order chi connectivity index (χ0) is 29.5. The van der Waals surface area contributed by atoms with Gasteiger partial charge in [0.1, 0.15) is 23.6 Å². The summed E-state index contributed by atoms with van der Waals surface area (Å²) < 4.78 is 52.6. The molecule has 1 aliphatic heterocycles. The number of methoxy groups -OCH3 is 2. The lowest BCUT2D eigenvalue weighted by molar-refractivity contribution is -0.159. The Morgan fingerprint density at radius 2 is 1.93 bits per heavy atom. The number of amides is 3. The molecule has 16 heteroatoms. The van der Waals surface area contributed by atoms with Gasteiger partial charge in [0.25, 0.3) is 5.91 Å². The Kier molecular flexibility index (Phi) is 7.31. The van der Waals surface area contributed by atoms with Crippen LogP contribution >= 0.6 is 0 Å². The van der Waals surface area contributed by atoms with Crippen LogP contribution in [-0.4, -0.2) is 87.8 Å². The Morgan fingerprint density at radius 3 is 2.61 bits per heavy atom. The van der Waals surface area contributed by atoms with Crippen molar-refractivity contribution in [2.24, 2.45) is 5.92 Å². The van der Waals surface area contributed by atoms with Crippen molar-refractivity contribution in [3.63, 3.8) is 0 Å². The van der Waals surface area contributed by atoms with Crippen LogP contribution in [0, 0.1) is 5.92 Å². The number of likely N-dealkylation sites (tertiary alicyclic amines) is 1. The molecule has 4 N–H and O–H groups in total. The first-order valence-corrected chi connectivity index (χ1v) is 12.6. The number of anilines is 1. The third-order valence-electron chi connectivity index (χ3n) is 7.17. The fraction of sp³-hybridized carbons (Fsp3) is 0.440. The van der Waals surface area contributed by atoms with Crippen molar-refractivity contribution in [1.82, 2.24) is 35.1 Å². The molecular weight excluding hydrogens is 549 g/mol. The second-order valence-electron chi connectivity index (χ2n) is 9.89. The van der Waals surface area contributed by atoms with E-state index in [9.17, 15) is 27.6 Å². The van der Waals surface area contributed by atoms with Crippen LogP contribution < -0.4 is 21.1 Å². The first kappa shape index (κ1) is 27.9. The molecule has 2 aliphatic rings. The SMILES string of the molecule is COC(=O)NCc1cc(-c2cnc(OC)c(C(=O)N[C@@H]3CN(C(=O)C4CC(F)(F)C4)C[C@@H]3F)c2)n2ncnc(N)c12. The van der Waals surface area contributed by atoms with Crippen molar-refractivity contribution in [2.45, 2.75) is 37.5 Å². The van der Waals surface area contributed by atoms with Gasteiger partial charge >= 0.3 is 6.09 Å². The predicted octanol–water partition coefficient (Wildman–Crippen LogP) is 1.56. The lowest BCUT2D eigenvalue weighted by Gasteiger charge is -2.36. The molecule has 5 rings (SSSR count). The van der Waals surface area contributed by atoms with Crippen LogP contribution in [0.15, 0.2) is 24.7 Å². The largest absolute Gasteiger partial charge is 0.480 e. The molecule has 218 valence electrons. The summed E-state index contributed by atoms with van der Waals surface area (Å²) in [6.45, 7) is -0.418. The molecule has 0 radical (unpaired) electrons. The minimum atomic E-state index is -2.88. The number of hydrogen-bond acceptors (Lipinski definition) is 9.